The number of carbonyl (C=O) groups is 1. The summed E-state index contributed by atoms with van der Waals surface area (Å²) in [7, 11) is 0. The second-order valence-corrected chi connectivity index (χ2v) is 6.17. The molecule has 0 aromatic heterocycles. The Morgan fingerprint density at radius 2 is 1.68 bits per heavy atom. The maximum atomic E-state index is 11.9. The van der Waals surface area contributed by atoms with Crippen LogP contribution in [0.3, 0.4) is 0 Å². The highest BCUT2D eigenvalue weighted by molar-refractivity contribution is 9.10. The van der Waals surface area contributed by atoms with Gasteiger partial charge in [0.05, 0.1) is 4.92 Å². The van der Waals surface area contributed by atoms with E-state index in [1.165, 1.54) is 18.2 Å². The van der Waals surface area contributed by atoms with E-state index in [2.05, 4.69) is 15.9 Å². The Kier molecular flexibility index (Phi) is 4.90. The molecule has 0 unspecified atom stereocenters. The molecule has 0 atom stereocenters. The average Bonchev–Trinajstić information content (AvgIpc) is 2.60. The van der Waals surface area contributed by atoms with Gasteiger partial charge in [-0.3, -0.25) is 10.1 Å². The smallest absolute Gasteiger partial charge is 0.336 e. The molecule has 0 aliphatic rings. The zero-order chi connectivity index (χ0) is 17.8. The summed E-state index contributed by atoms with van der Waals surface area (Å²) in [4.78, 5) is 22.1. The number of rotatable bonds is 4. The Morgan fingerprint density at radius 1 is 1.00 bits per heavy atom. The number of nitro benzene ring substituents is 1. The molecular formula is C19H12BrNO4. The molecular weight excluding hydrogens is 386 g/mol. The minimum Gasteiger partial charge on any atom is -0.423 e. The van der Waals surface area contributed by atoms with Gasteiger partial charge >= 0.3 is 5.97 Å². The topological polar surface area (TPSA) is 69.4 Å². The number of hydrogen-bond acceptors (Lipinski definition) is 4. The molecule has 0 amide bonds. The van der Waals surface area contributed by atoms with Gasteiger partial charge in [0.2, 0.25) is 0 Å². The van der Waals surface area contributed by atoms with E-state index < -0.39 is 10.9 Å². The van der Waals surface area contributed by atoms with Gasteiger partial charge in [-0.15, -0.1) is 0 Å². The summed E-state index contributed by atoms with van der Waals surface area (Å²) in [6.45, 7) is 0. The molecule has 25 heavy (non-hydrogen) atoms. The second-order valence-electron chi connectivity index (χ2n) is 5.26. The number of halogens is 1. The number of nitro groups is 1. The number of esters is 1. The fraction of sp³-hybridized carbons (Fsp3) is 0. The monoisotopic (exact) mass is 397 g/mol. The van der Waals surface area contributed by atoms with Gasteiger partial charge in [-0.25, -0.2) is 4.79 Å². The molecule has 6 heteroatoms. The van der Waals surface area contributed by atoms with E-state index in [-0.39, 0.29) is 5.69 Å². The summed E-state index contributed by atoms with van der Waals surface area (Å²) in [5, 5.41) is 12.6. The first kappa shape index (κ1) is 16.9. The Morgan fingerprint density at radius 3 is 2.40 bits per heavy atom. The van der Waals surface area contributed by atoms with Gasteiger partial charge < -0.3 is 4.74 Å². The molecule has 0 fully saturated rings. The van der Waals surface area contributed by atoms with Crippen molar-refractivity contribution in [3.63, 3.8) is 0 Å². The lowest BCUT2D eigenvalue weighted by Gasteiger charge is -2.04. The van der Waals surface area contributed by atoms with Crippen LogP contribution in [0.1, 0.15) is 5.56 Å². The minimum atomic E-state index is -0.519. The fourth-order valence-electron chi connectivity index (χ4n) is 2.28. The van der Waals surface area contributed by atoms with Crippen molar-refractivity contribution in [1.29, 1.82) is 0 Å². The highest BCUT2D eigenvalue weighted by atomic mass is 79.9. The molecule has 0 aliphatic heterocycles. The molecule has 0 N–H and O–H groups in total. The van der Waals surface area contributed by atoms with Crippen molar-refractivity contribution in [3.8, 4) is 5.75 Å². The Labute approximate surface area is 151 Å². The Hall–Kier alpha value is -2.99. The summed E-state index contributed by atoms with van der Waals surface area (Å²) in [5.74, 6) is -0.0667. The van der Waals surface area contributed by atoms with E-state index in [1.807, 2.05) is 24.3 Å². The number of non-ortho nitro benzene ring substituents is 1. The zero-order valence-electron chi connectivity index (χ0n) is 12.9. The van der Waals surface area contributed by atoms with E-state index in [0.717, 1.165) is 15.2 Å². The van der Waals surface area contributed by atoms with Gasteiger partial charge in [0.1, 0.15) is 5.75 Å². The van der Waals surface area contributed by atoms with Crippen LogP contribution in [0.25, 0.3) is 16.8 Å². The normalized spacial score (nSPS) is 10.9. The maximum absolute atomic E-state index is 11.9. The van der Waals surface area contributed by atoms with Crippen molar-refractivity contribution in [2.45, 2.75) is 0 Å². The fourth-order valence-corrected chi connectivity index (χ4v) is 2.66. The third-order valence-corrected chi connectivity index (χ3v) is 4.00. The van der Waals surface area contributed by atoms with E-state index in [1.54, 1.807) is 30.3 Å². The number of carbonyl (C=O) groups excluding carboxylic acids is 1. The SMILES string of the molecule is O=C(/C=C/c1ccc([N+](=O)[O-])cc1)Oc1ccc2cc(Br)ccc2c1. The van der Waals surface area contributed by atoms with Crippen LogP contribution in [-0.4, -0.2) is 10.9 Å². The number of hydrogen-bond donors (Lipinski definition) is 0. The molecule has 3 aromatic rings. The van der Waals surface area contributed by atoms with Gasteiger partial charge in [-0.1, -0.05) is 28.1 Å². The van der Waals surface area contributed by atoms with Crippen LogP contribution < -0.4 is 4.74 Å². The molecule has 0 radical (unpaired) electrons. The molecule has 3 rings (SSSR count). The zero-order valence-corrected chi connectivity index (χ0v) is 14.5. The van der Waals surface area contributed by atoms with Crippen molar-refractivity contribution in [3.05, 3.63) is 86.9 Å². The maximum Gasteiger partial charge on any atom is 0.336 e. The van der Waals surface area contributed by atoms with E-state index in [0.29, 0.717) is 11.3 Å². The van der Waals surface area contributed by atoms with Crippen LogP contribution >= 0.6 is 15.9 Å². The summed E-state index contributed by atoms with van der Waals surface area (Å²) >= 11 is 3.41. The van der Waals surface area contributed by atoms with Crippen LogP contribution in [0.5, 0.6) is 5.75 Å². The Balaban J connectivity index is 1.69. The van der Waals surface area contributed by atoms with Gasteiger partial charge in [0.15, 0.2) is 0 Å². The molecule has 0 saturated carbocycles. The lowest BCUT2D eigenvalue weighted by molar-refractivity contribution is -0.384. The Bertz CT molecular complexity index is 980. The summed E-state index contributed by atoms with van der Waals surface area (Å²) in [5.41, 5.74) is 0.674. The average molecular weight is 398 g/mol. The predicted molar refractivity (Wildman–Crippen MR) is 99.4 cm³/mol. The van der Waals surface area contributed by atoms with Gasteiger partial charge in [0.25, 0.3) is 5.69 Å². The quantitative estimate of drug-likeness (QED) is 0.201. The molecule has 124 valence electrons. The first-order valence-corrected chi connectivity index (χ1v) is 8.14. The first-order valence-electron chi connectivity index (χ1n) is 7.35. The van der Waals surface area contributed by atoms with Crippen molar-refractivity contribution < 1.29 is 14.5 Å². The molecule has 0 aliphatic carbocycles. The largest absolute Gasteiger partial charge is 0.423 e. The summed E-state index contributed by atoms with van der Waals surface area (Å²) in [6.07, 6.45) is 2.83. The number of fused-ring (bicyclic) bond motifs is 1. The molecule has 0 heterocycles. The van der Waals surface area contributed by atoms with Gasteiger partial charge in [0, 0.05) is 22.7 Å². The lowest BCUT2D eigenvalue weighted by Crippen LogP contribution is -2.03. The van der Waals surface area contributed by atoms with Crippen molar-refractivity contribution in [2.24, 2.45) is 0 Å². The lowest BCUT2D eigenvalue weighted by atomic mass is 10.1. The summed E-state index contributed by atoms with van der Waals surface area (Å²) < 4.78 is 6.27. The van der Waals surface area contributed by atoms with Crippen LogP contribution in [0, 0.1) is 10.1 Å². The van der Waals surface area contributed by atoms with Crippen molar-refractivity contribution in [2.75, 3.05) is 0 Å². The first-order chi connectivity index (χ1) is 12.0. The van der Waals surface area contributed by atoms with Gasteiger partial charge in [-0.2, -0.15) is 0 Å². The van der Waals surface area contributed by atoms with Gasteiger partial charge in [-0.05, 0) is 58.8 Å². The summed E-state index contributed by atoms with van der Waals surface area (Å²) in [6, 6.07) is 17.1. The van der Waals surface area contributed by atoms with Crippen LogP contribution in [0.15, 0.2) is 71.2 Å². The number of benzene rings is 3. The van der Waals surface area contributed by atoms with Crippen LogP contribution in [0.2, 0.25) is 0 Å². The number of ether oxygens (including phenoxy) is 1. The van der Waals surface area contributed by atoms with Crippen LogP contribution in [0.4, 0.5) is 5.69 Å². The van der Waals surface area contributed by atoms with E-state index in [9.17, 15) is 14.9 Å². The van der Waals surface area contributed by atoms with Crippen molar-refractivity contribution >= 4 is 44.4 Å². The van der Waals surface area contributed by atoms with E-state index in [4.69, 9.17) is 4.74 Å². The van der Waals surface area contributed by atoms with Crippen molar-refractivity contribution in [1.82, 2.24) is 0 Å². The third-order valence-electron chi connectivity index (χ3n) is 3.51. The second kappa shape index (κ2) is 7.27. The minimum absolute atomic E-state index is 0.00234. The standard InChI is InChI=1S/C19H12BrNO4/c20-16-6-4-15-12-18(9-5-14(15)11-16)25-19(22)10-3-13-1-7-17(8-2-13)21(23)24/h1-12H/b10-3+. The molecule has 0 bridgehead atoms. The molecule has 5 nitrogen and oxygen atoms in total. The number of nitrogens with zero attached hydrogens (tertiary/aromatic N) is 1. The van der Waals surface area contributed by atoms with Crippen LogP contribution in [-0.2, 0) is 4.79 Å². The molecule has 0 saturated heterocycles. The molecule has 0 spiro atoms. The predicted octanol–water partition coefficient (Wildman–Crippen LogP) is 5.13. The van der Waals surface area contributed by atoms with E-state index >= 15 is 0 Å². The highest BCUT2D eigenvalue weighted by Gasteiger charge is 2.04. The molecule has 3 aromatic carbocycles. The highest BCUT2D eigenvalue weighted by Crippen LogP contribution is 2.24. The third kappa shape index (κ3) is 4.30.